The second-order valence-corrected chi connectivity index (χ2v) is 9.68. The number of rotatable bonds is 13. The molecular formula is C29H40Cl2N2. The van der Waals surface area contributed by atoms with Crippen molar-refractivity contribution in [1.82, 2.24) is 9.88 Å². The van der Waals surface area contributed by atoms with E-state index in [0.29, 0.717) is 10.0 Å². The number of hydrogen-bond donors (Lipinski definition) is 0. The predicted molar refractivity (Wildman–Crippen MR) is 146 cm³/mol. The molecule has 0 fully saturated rings. The molecule has 0 spiro atoms. The molecule has 2 aromatic carbocycles. The van der Waals surface area contributed by atoms with Crippen molar-refractivity contribution in [2.75, 3.05) is 13.6 Å². The zero-order chi connectivity index (χ0) is 23.7. The number of aromatic nitrogens is 1. The van der Waals surface area contributed by atoms with Gasteiger partial charge in [0.2, 0.25) is 0 Å². The minimum absolute atomic E-state index is 0.632. The SMILES string of the molecule is CCCCCCCCCCCCN(C)Cc1ccc(Cl)c(Cl)c1.c1ccc2ncccc2c1. The van der Waals surface area contributed by atoms with Crippen LogP contribution >= 0.6 is 23.2 Å². The normalized spacial score (nSPS) is 10.9. The number of hydrogen-bond acceptors (Lipinski definition) is 2. The molecule has 0 saturated carbocycles. The first-order valence-electron chi connectivity index (χ1n) is 12.5. The van der Waals surface area contributed by atoms with Gasteiger partial charge >= 0.3 is 0 Å². The number of nitrogens with zero attached hydrogens (tertiary/aromatic N) is 2. The Morgan fingerprint density at radius 1 is 0.727 bits per heavy atom. The zero-order valence-corrected chi connectivity index (χ0v) is 21.9. The lowest BCUT2D eigenvalue weighted by Crippen LogP contribution is -2.19. The highest BCUT2D eigenvalue weighted by Gasteiger charge is 2.03. The lowest BCUT2D eigenvalue weighted by atomic mass is 10.1. The Bertz CT molecular complexity index is 848. The average Bonchev–Trinajstić information content (AvgIpc) is 2.83. The van der Waals surface area contributed by atoms with E-state index >= 15 is 0 Å². The van der Waals surface area contributed by atoms with Crippen molar-refractivity contribution in [3.8, 4) is 0 Å². The number of para-hydroxylation sites is 1. The topological polar surface area (TPSA) is 16.1 Å². The van der Waals surface area contributed by atoms with Crippen LogP contribution in [0.1, 0.15) is 76.7 Å². The van der Waals surface area contributed by atoms with Crippen molar-refractivity contribution in [3.05, 3.63) is 76.4 Å². The van der Waals surface area contributed by atoms with E-state index in [2.05, 4.69) is 42.1 Å². The van der Waals surface area contributed by atoms with Gasteiger partial charge < -0.3 is 4.90 Å². The van der Waals surface area contributed by atoms with Gasteiger partial charge in [-0.3, -0.25) is 4.98 Å². The van der Waals surface area contributed by atoms with Crippen LogP contribution in [-0.2, 0) is 6.54 Å². The van der Waals surface area contributed by atoms with E-state index < -0.39 is 0 Å². The fraction of sp³-hybridized carbons (Fsp3) is 0.483. The van der Waals surface area contributed by atoms with Gasteiger partial charge in [-0.1, -0.05) is 118 Å². The largest absolute Gasteiger partial charge is 0.302 e. The molecule has 0 radical (unpaired) electrons. The Hall–Kier alpha value is -1.61. The van der Waals surface area contributed by atoms with Crippen LogP contribution in [0.3, 0.4) is 0 Å². The number of fused-ring (bicyclic) bond motifs is 1. The smallest absolute Gasteiger partial charge is 0.0701 e. The third kappa shape index (κ3) is 11.9. The van der Waals surface area contributed by atoms with Crippen LogP contribution in [0.5, 0.6) is 0 Å². The highest BCUT2D eigenvalue weighted by molar-refractivity contribution is 6.42. The molecule has 0 aliphatic rings. The monoisotopic (exact) mass is 486 g/mol. The molecule has 0 aliphatic heterocycles. The fourth-order valence-electron chi connectivity index (χ4n) is 3.91. The zero-order valence-electron chi connectivity index (χ0n) is 20.4. The van der Waals surface area contributed by atoms with E-state index in [1.807, 2.05) is 42.6 Å². The van der Waals surface area contributed by atoms with E-state index in [1.54, 1.807) is 0 Å². The Morgan fingerprint density at radius 3 is 2.03 bits per heavy atom. The average molecular weight is 488 g/mol. The third-order valence-electron chi connectivity index (χ3n) is 5.84. The van der Waals surface area contributed by atoms with Crippen LogP contribution in [0.25, 0.3) is 10.9 Å². The summed E-state index contributed by atoms with van der Waals surface area (Å²) in [4.78, 5) is 6.55. The number of halogens is 2. The summed E-state index contributed by atoms with van der Waals surface area (Å²) in [6.45, 7) is 4.36. The molecule has 2 nitrogen and oxygen atoms in total. The van der Waals surface area contributed by atoms with Crippen LogP contribution in [-0.4, -0.2) is 23.5 Å². The summed E-state index contributed by atoms with van der Waals surface area (Å²) in [6, 6.07) is 18.0. The van der Waals surface area contributed by atoms with Crippen molar-refractivity contribution in [3.63, 3.8) is 0 Å². The maximum atomic E-state index is 6.06. The van der Waals surface area contributed by atoms with Gasteiger partial charge in [0.05, 0.1) is 15.6 Å². The van der Waals surface area contributed by atoms with Gasteiger partial charge in [0.25, 0.3) is 0 Å². The number of unbranched alkanes of at least 4 members (excludes halogenated alkanes) is 9. The lowest BCUT2D eigenvalue weighted by Gasteiger charge is -2.17. The molecule has 4 heteroatoms. The first-order chi connectivity index (χ1) is 16.1. The summed E-state index contributed by atoms with van der Waals surface area (Å²) < 4.78 is 0. The van der Waals surface area contributed by atoms with Crippen LogP contribution in [0.15, 0.2) is 60.8 Å². The molecule has 180 valence electrons. The van der Waals surface area contributed by atoms with Gasteiger partial charge in [-0.2, -0.15) is 0 Å². The summed E-state index contributed by atoms with van der Waals surface area (Å²) in [6.07, 6.45) is 15.7. The molecule has 0 amide bonds. The van der Waals surface area contributed by atoms with E-state index in [9.17, 15) is 0 Å². The first-order valence-corrected chi connectivity index (χ1v) is 13.3. The summed E-state index contributed by atoms with van der Waals surface area (Å²) in [5.41, 5.74) is 2.29. The van der Waals surface area contributed by atoms with Gasteiger partial charge in [-0.05, 0) is 49.8 Å². The molecule has 0 saturated heterocycles. The molecule has 0 aliphatic carbocycles. The summed E-state index contributed by atoms with van der Waals surface area (Å²) in [7, 11) is 2.18. The molecule has 0 N–H and O–H groups in total. The van der Waals surface area contributed by atoms with Crippen molar-refractivity contribution in [2.24, 2.45) is 0 Å². The molecule has 1 heterocycles. The Labute approximate surface area is 211 Å². The fourth-order valence-corrected chi connectivity index (χ4v) is 4.23. The van der Waals surface area contributed by atoms with Gasteiger partial charge in [0.1, 0.15) is 0 Å². The predicted octanol–water partition coefficient (Wildman–Crippen LogP) is 9.58. The second kappa shape index (κ2) is 16.9. The molecule has 33 heavy (non-hydrogen) atoms. The highest BCUT2D eigenvalue weighted by Crippen LogP contribution is 2.23. The molecule has 0 bridgehead atoms. The molecular weight excluding hydrogens is 447 g/mol. The second-order valence-electron chi connectivity index (χ2n) is 8.86. The van der Waals surface area contributed by atoms with E-state index in [0.717, 1.165) is 18.6 Å². The van der Waals surface area contributed by atoms with Crippen molar-refractivity contribution < 1.29 is 0 Å². The van der Waals surface area contributed by atoms with E-state index in [1.165, 1.54) is 75.2 Å². The molecule has 3 aromatic rings. The van der Waals surface area contributed by atoms with E-state index in [4.69, 9.17) is 23.2 Å². The summed E-state index contributed by atoms with van der Waals surface area (Å²) in [5, 5.41) is 2.48. The minimum Gasteiger partial charge on any atom is -0.302 e. The third-order valence-corrected chi connectivity index (χ3v) is 6.58. The first kappa shape index (κ1) is 27.6. The van der Waals surface area contributed by atoms with Gasteiger partial charge in [0, 0.05) is 18.1 Å². The van der Waals surface area contributed by atoms with Gasteiger partial charge in [-0.15, -0.1) is 0 Å². The standard InChI is InChI=1S/C20H33Cl2N.C9H7N/c1-3-4-5-6-7-8-9-10-11-12-15-23(2)17-18-13-14-19(21)20(22)16-18;1-2-6-9-8(4-1)5-3-7-10-9/h13-14,16H,3-12,15,17H2,1-2H3;1-7H. The van der Waals surface area contributed by atoms with Crippen molar-refractivity contribution >= 4 is 34.1 Å². The maximum absolute atomic E-state index is 6.06. The minimum atomic E-state index is 0.632. The van der Waals surface area contributed by atoms with Crippen LogP contribution in [0.4, 0.5) is 0 Å². The Balaban J connectivity index is 0.000000315. The van der Waals surface area contributed by atoms with E-state index in [-0.39, 0.29) is 0 Å². The molecule has 1 aromatic heterocycles. The highest BCUT2D eigenvalue weighted by atomic mass is 35.5. The summed E-state index contributed by atoms with van der Waals surface area (Å²) >= 11 is 12.0. The van der Waals surface area contributed by atoms with Crippen LogP contribution in [0, 0.1) is 0 Å². The quantitative estimate of drug-likeness (QED) is 0.223. The van der Waals surface area contributed by atoms with Crippen molar-refractivity contribution in [2.45, 2.75) is 77.7 Å². The van der Waals surface area contributed by atoms with Gasteiger partial charge in [-0.25, -0.2) is 0 Å². The molecule has 0 unspecified atom stereocenters. The van der Waals surface area contributed by atoms with Crippen molar-refractivity contribution in [1.29, 1.82) is 0 Å². The van der Waals surface area contributed by atoms with Gasteiger partial charge in [0.15, 0.2) is 0 Å². The van der Waals surface area contributed by atoms with Crippen LogP contribution in [0.2, 0.25) is 10.0 Å². The molecule has 3 rings (SSSR count). The molecule has 0 atom stereocenters. The maximum Gasteiger partial charge on any atom is 0.0701 e. The Kier molecular flexibility index (Phi) is 14.2. The Morgan fingerprint density at radius 2 is 1.36 bits per heavy atom. The van der Waals surface area contributed by atoms with Crippen LogP contribution < -0.4 is 0 Å². The number of pyridine rings is 1. The summed E-state index contributed by atoms with van der Waals surface area (Å²) in [5.74, 6) is 0. The number of benzene rings is 2. The lowest BCUT2D eigenvalue weighted by molar-refractivity contribution is 0.316.